The molecule has 0 spiro atoms. The Labute approximate surface area is 116 Å². The molecular formula is C13H14ClN5. The Morgan fingerprint density at radius 3 is 2.37 bits per heavy atom. The van der Waals surface area contributed by atoms with Crippen LogP contribution in [-0.2, 0) is 5.41 Å². The Bertz CT molecular complexity index is 643. The number of halogens is 1. The molecule has 0 saturated carbocycles. The van der Waals surface area contributed by atoms with E-state index in [1.165, 1.54) is 4.68 Å². The fourth-order valence-corrected chi connectivity index (χ4v) is 1.93. The van der Waals surface area contributed by atoms with Crippen LogP contribution in [0.2, 0.25) is 5.15 Å². The quantitative estimate of drug-likeness (QED) is 0.802. The summed E-state index contributed by atoms with van der Waals surface area (Å²) in [6.45, 7) is 7.80. The summed E-state index contributed by atoms with van der Waals surface area (Å²) in [6, 6.07) is 5.70. The zero-order valence-electron chi connectivity index (χ0n) is 11.3. The summed E-state index contributed by atoms with van der Waals surface area (Å²) in [6.07, 6.45) is 0. The van der Waals surface area contributed by atoms with Crippen LogP contribution in [0, 0.1) is 18.3 Å². The molecule has 0 aromatic carbocycles. The first-order valence-corrected chi connectivity index (χ1v) is 6.22. The predicted octanol–water partition coefficient (Wildman–Crippen LogP) is 2.79. The van der Waals surface area contributed by atoms with Crippen LogP contribution in [0.4, 0.5) is 0 Å². The van der Waals surface area contributed by atoms with Gasteiger partial charge in [-0.05, 0) is 19.1 Å². The summed E-state index contributed by atoms with van der Waals surface area (Å²) in [5.74, 6) is 0.502. The SMILES string of the molecule is Cc1ccc(-n2nc(C(C)(C)C)c(C#N)c2Cl)nn1. The van der Waals surface area contributed by atoms with Gasteiger partial charge in [0.25, 0.3) is 0 Å². The van der Waals surface area contributed by atoms with E-state index in [0.717, 1.165) is 5.69 Å². The van der Waals surface area contributed by atoms with Crippen LogP contribution in [0.15, 0.2) is 12.1 Å². The highest BCUT2D eigenvalue weighted by Crippen LogP contribution is 2.30. The van der Waals surface area contributed by atoms with Crippen LogP contribution >= 0.6 is 11.6 Å². The molecule has 0 bridgehead atoms. The molecule has 0 aliphatic rings. The first-order valence-electron chi connectivity index (χ1n) is 5.84. The zero-order chi connectivity index (χ0) is 14.2. The van der Waals surface area contributed by atoms with Crippen LogP contribution < -0.4 is 0 Å². The third-order valence-electron chi connectivity index (χ3n) is 2.65. The standard InChI is InChI=1S/C13H14ClN5/c1-8-5-6-10(17-16-8)19-12(14)9(7-15)11(18-19)13(2,3)4/h5-6H,1-4H3. The summed E-state index contributed by atoms with van der Waals surface area (Å²) in [4.78, 5) is 0. The minimum absolute atomic E-state index is 0.266. The van der Waals surface area contributed by atoms with Crippen LogP contribution in [0.25, 0.3) is 5.82 Å². The summed E-state index contributed by atoms with van der Waals surface area (Å²) in [5.41, 5.74) is 1.58. The monoisotopic (exact) mass is 275 g/mol. The molecule has 0 N–H and O–H groups in total. The Hall–Kier alpha value is -1.93. The van der Waals surface area contributed by atoms with Crippen LogP contribution in [0.5, 0.6) is 0 Å². The molecule has 0 amide bonds. The lowest BCUT2D eigenvalue weighted by Gasteiger charge is -2.14. The second-order valence-corrected chi connectivity index (χ2v) is 5.68. The van der Waals surface area contributed by atoms with Crippen LogP contribution in [0.3, 0.4) is 0 Å². The fraction of sp³-hybridized carbons (Fsp3) is 0.385. The van der Waals surface area contributed by atoms with E-state index in [4.69, 9.17) is 11.6 Å². The average molecular weight is 276 g/mol. The van der Waals surface area contributed by atoms with E-state index in [9.17, 15) is 5.26 Å². The molecule has 0 atom stereocenters. The highest BCUT2D eigenvalue weighted by Gasteiger charge is 2.27. The second-order valence-electron chi connectivity index (χ2n) is 5.32. The molecule has 0 aliphatic carbocycles. The van der Waals surface area contributed by atoms with Gasteiger partial charge in [-0.1, -0.05) is 32.4 Å². The predicted molar refractivity (Wildman–Crippen MR) is 72.3 cm³/mol. The Morgan fingerprint density at radius 1 is 1.26 bits per heavy atom. The maximum Gasteiger partial charge on any atom is 0.177 e. The Balaban J connectivity index is 2.64. The smallest absolute Gasteiger partial charge is 0.177 e. The molecule has 2 aromatic rings. The highest BCUT2D eigenvalue weighted by molar-refractivity contribution is 6.31. The van der Waals surface area contributed by atoms with Crippen molar-refractivity contribution >= 4 is 11.6 Å². The van der Waals surface area contributed by atoms with Crippen molar-refractivity contribution in [3.05, 3.63) is 34.2 Å². The van der Waals surface area contributed by atoms with E-state index in [1.54, 1.807) is 6.07 Å². The normalized spacial score (nSPS) is 11.4. The molecule has 0 radical (unpaired) electrons. The van der Waals surface area contributed by atoms with Crippen molar-refractivity contribution in [3.63, 3.8) is 0 Å². The van der Waals surface area contributed by atoms with Crippen molar-refractivity contribution in [2.45, 2.75) is 33.1 Å². The number of nitrogens with zero attached hydrogens (tertiary/aromatic N) is 5. The highest BCUT2D eigenvalue weighted by atomic mass is 35.5. The molecule has 2 heterocycles. The number of nitriles is 1. The van der Waals surface area contributed by atoms with Crippen molar-refractivity contribution in [2.75, 3.05) is 0 Å². The van der Waals surface area contributed by atoms with Crippen LogP contribution in [0.1, 0.15) is 37.7 Å². The van der Waals surface area contributed by atoms with Gasteiger partial charge in [0.2, 0.25) is 0 Å². The molecule has 6 heteroatoms. The van der Waals surface area contributed by atoms with E-state index in [2.05, 4.69) is 21.4 Å². The fourth-order valence-electron chi connectivity index (χ4n) is 1.68. The van der Waals surface area contributed by atoms with E-state index >= 15 is 0 Å². The van der Waals surface area contributed by atoms with Gasteiger partial charge in [0.15, 0.2) is 11.0 Å². The molecule has 19 heavy (non-hydrogen) atoms. The van der Waals surface area contributed by atoms with Gasteiger partial charge < -0.3 is 0 Å². The summed E-state index contributed by atoms with van der Waals surface area (Å²) in [7, 11) is 0. The van der Waals surface area contributed by atoms with Crippen molar-refractivity contribution in [1.29, 1.82) is 5.26 Å². The van der Waals surface area contributed by atoms with Gasteiger partial charge in [0.05, 0.1) is 11.4 Å². The largest absolute Gasteiger partial charge is 0.200 e. The third kappa shape index (κ3) is 2.45. The van der Waals surface area contributed by atoms with Gasteiger partial charge >= 0.3 is 0 Å². The number of aromatic nitrogens is 4. The van der Waals surface area contributed by atoms with Gasteiger partial charge in [0, 0.05) is 5.41 Å². The first kappa shape index (κ1) is 13.5. The maximum absolute atomic E-state index is 9.24. The molecule has 2 aromatic heterocycles. The van der Waals surface area contributed by atoms with E-state index in [-0.39, 0.29) is 10.6 Å². The number of hydrogen-bond acceptors (Lipinski definition) is 4. The first-order chi connectivity index (χ1) is 8.84. The number of hydrogen-bond donors (Lipinski definition) is 0. The summed E-state index contributed by atoms with van der Waals surface area (Å²) in [5, 5.41) is 21.9. The molecule has 98 valence electrons. The lowest BCUT2D eigenvalue weighted by Crippen LogP contribution is -2.14. The van der Waals surface area contributed by atoms with Crippen molar-refractivity contribution in [2.24, 2.45) is 0 Å². The van der Waals surface area contributed by atoms with Gasteiger partial charge in [-0.25, -0.2) is 4.68 Å². The van der Waals surface area contributed by atoms with Gasteiger partial charge in [0.1, 0.15) is 11.6 Å². The summed E-state index contributed by atoms with van der Waals surface area (Å²) < 4.78 is 1.45. The van der Waals surface area contributed by atoms with E-state index in [1.807, 2.05) is 33.8 Å². The van der Waals surface area contributed by atoms with Crippen molar-refractivity contribution < 1.29 is 0 Å². The van der Waals surface area contributed by atoms with Crippen molar-refractivity contribution in [3.8, 4) is 11.9 Å². The van der Waals surface area contributed by atoms with Gasteiger partial charge in [-0.3, -0.25) is 0 Å². The topological polar surface area (TPSA) is 67.4 Å². The lowest BCUT2D eigenvalue weighted by molar-refractivity contribution is 0.557. The molecular weight excluding hydrogens is 262 g/mol. The second kappa shape index (κ2) is 4.63. The molecule has 0 unspecified atom stereocenters. The molecule has 0 aliphatic heterocycles. The average Bonchev–Trinajstić information content (AvgIpc) is 2.67. The third-order valence-corrected chi connectivity index (χ3v) is 3.00. The van der Waals surface area contributed by atoms with Gasteiger partial charge in [-0.2, -0.15) is 15.5 Å². The molecule has 2 rings (SSSR count). The minimum atomic E-state index is -0.266. The molecule has 5 nitrogen and oxygen atoms in total. The molecule has 0 saturated heterocycles. The molecule has 0 fully saturated rings. The van der Waals surface area contributed by atoms with Crippen molar-refractivity contribution in [1.82, 2.24) is 20.0 Å². The minimum Gasteiger partial charge on any atom is -0.200 e. The lowest BCUT2D eigenvalue weighted by atomic mass is 9.90. The van der Waals surface area contributed by atoms with Gasteiger partial charge in [-0.15, -0.1) is 5.10 Å². The van der Waals surface area contributed by atoms with Crippen LogP contribution in [-0.4, -0.2) is 20.0 Å². The maximum atomic E-state index is 9.24. The van der Waals surface area contributed by atoms with E-state index < -0.39 is 0 Å². The number of aryl methyl sites for hydroxylation is 1. The zero-order valence-corrected chi connectivity index (χ0v) is 12.0. The van der Waals surface area contributed by atoms with E-state index in [0.29, 0.717) is 17.1 Å². The number of rotatable bonds is 1. The Morgan fingerprint density at radius 2 is 1.95 bits per heavy atom. The summed E-state index contributed by atoms with van der Waals surface area (Å²) >= 11 is 6.22. The Kier molecular flexibility index (Phi) is 3.29.